The number of nitrogens with one attached hydrogen (secondary N) is 2. The van der Waals surface area contributed by atoms with Crippen molar-refractivity contribution in [1.29, 1.82) is 5.41 Å². The number of amides is 1. The molecule has 0 radical (unpaired) electrons. The van der Waals surface area contributed by atoms with Gasteiger partial charge in [0.25, 0.3) is 0 Å². The highest BCUT2D eigenvalue weighted by molar-refractivity contribution is 7.20. The molecule has 4 rings (SSSR count). The van der Waals surface area contributed by atoms with Crippen LogP contribution in [-0.2, 0) is 0 Å². The maximum Gasteiger partial charge on any atom is 0.412 e. The molecule has 1 heterocycles. The molecule has 4 aromatic rings. The number of amidine groups is 1. The van der Waals surface area contributed by atoms with Crippen LogP contribution in [0.3, 0.4) is 0 Å². The quantitative estimate of drug-likeness (QED) is 0.280. The monoisotopic (exact) mass is 431 g/mol. The number of benzene rings is 3. The van der Waals surface area contributed by atoms with Crippen LogP contribution in [0.2, 0.25) is 0 Å². The zero-order chi connectivity index (χ0) is 21.6. The van der Waals surface area contributed by atoms with Crippen molar-refractivity contribution in [1.82, 2.24) is 5.32 Å². The van der Waals surface area contributed by atoms with Crippen LogP contribution in [0.1, 0.15) is 16.5 Å². The minimum atomic E-state index is -0.552. The number of nitrogen functional groups attached to an aromatic ring is 1. The number of hydrogen-bond donors (Lipinski definition) is 3. The summed E-state index contributed by atoms with van der Waals surface area (Å²) in [5.74, 6) is 1.15. The summed E-state index contributed by atoms with van der Waals surface area (Å²) in [6.07, 6.45) is -0.987. The number of carbonyl (C=O) groups excluding carboxylic acids is 1. The van der Waals surface area contributed by atoms with Gasteiger partial charge in [-0.15, -0.1) is 11.3 Å². The van der Waals surface area contributed by atoms with E-state index in [2.05, 4.69) is 5.32 Å². The van der Waals surface area contributed by atoms with Crippen molar-refractivity contribution in [3.8, 4) is 11.5 Å². The normalized spacial score (nSPS) is 11.6. The fraction of sp³-hybridized carbons (Fsp3) is 0.0833. The van der Waals surface area contributed by atoms with E-state index in [0.29, 0.717) is 16.4 Å². The number of thiophene rings is 1. The van der Waals surface area contributed by atoms with Gasteiger partial charge in [-0.3, -0.25) is 5.41 Å². The smallest absolute Gasteiger partial charge is 0.412 e. The number of hydrogen-bond acceptors (Lipinski definition) is 5. The highest BCUT2D eigenvalue weighted by atomic mass is 32.1. The van der Waals surface area contributed by atoms with Crippen molar-refractivity contribution >= 4 is 33.4 Å². The van der Waals surface area contributed by atoms with Gasteiger partial charge in [-0.1, -0.05) is 54.6 Å². The Morgan fingerprint density at radius 1 is 1.00 bits per heavy atom. The predicted molar refractivity (Wildman–Crippen MR) is 123 cm³/mol. The largest absolute Gasteiger partial charge is 0.483 e. The van der Waals surface area contributed by atoms with Gasteiger partial charge < -0.3 is 20.5 Å². The Bertz CT molecular complexity index is 1190. The highest BCUT2D eigenvalue weighted by Crippen LogP contribution is 2.35. The molecule has 1 unspecified atom stereocenters. The number of nitrogens with two attached hydrogens (primary N) is 1. The molecule has 4 N–H and O–H groups in total. The van der Waals surface area contributed by atoms with Crippen LogP contribution in [0.25, 0.3) is 10.1 Å². The molecule has 0 spiro atoms. The summed E-state index contributed by atoms with van der Waals surface area (Å²) in [5.41, 5.74) is 6.57. The minimum absolute atomic E-state index is 0.0251. The lowest BCUT2D eigenvalue weighted by Gasteiger charge is -2.20. The Morgan fingerprint density at radius 2 is 1.71 bits per heavy atom. The van der Waals surface area contributed by atoms with Crippen LogP contribution in [0.4, 0.5) is 4.79 Å². The van der Waals surface area contributed by atoms with E-state index < -0.39 is 12.2 Å². The predicted octanol–water partition coefficient (Wildman–Crippen LogP) is 5.09. The maximum atomic E-state index is 12.3. The Hall–Kier alpha value is -3.84. The molecule has 31 heavy (non-hydrogen) atoms. The Kier molecular flexibility index (Phi) is 6.14. The fourth-order valence-corrected chi connectivity index (χ4v) is 4.07. The molecule has 1 aromatic heterocycles. The number of para-hydroxylation sites is 1. The molecule has 3 aromatic carbocycles. The summed E-state index contributed by atoms with van der Waals surface area (Å²) in [5, 5.41) is 11.4. The third-order valence-corrected chi connectivity index (χ3v) is 5.75. The molecular weight excluding hydrogens is 410 g/mol. The van der Waals surface area contributed by atoms with Gasteiger partial charge >= 0.3 is 6.09 Å². The second-order valence-corrected chi connectivity index (χ2v) is 7.88. The molecule has 0 aliphatic rings. The molecule has 0 aliphatic carbocycles. The van der Waals surface area contributed by atoms with Crippen LogP contribution >= 0.6 is 11.3 Å². The van der Waals surface area contributed by atoms with Gasteiger partial charge in [0, 0.05) is 10.1 Å². The number of carbonyl (C=O) groups is 1. The van der Waals surface area contributed by atoms with E-state index in [4.69, 9.17) is 20.6 Å². The van der Waals surface area contributed by atoms with Crippen LogP contribution in [0.15, 0.2) is 84.9 Å². The topological polar surface area (TPSA) is 97.4 Å². The van der Waals surface area contributed by atoms with E-state index in [1.54, 1.807) is 24.3 Å². The van der Waals surface area contributed by atoms with Crippen molar-refractivity contribution in [3.63, 3.8) is 0 Å². The molecule has 7 heteroatoms. The van der Waals surface area contributed by atoms with Gasteiger partial charge in [0.05, 0.1) is 11.4 Å². The first-order chi connectivity index (χ1) is 15.1. The van der Waals surface area contributed by atoms with Gasteiger partial charge in [0.15, 0.2) is 0 Å². The average Bonchev–Trinajstić information content (AvgIpc) is 3.24. The molecular formula is C24H21N3O3S. The Labute approximate surface area is 183 Å². The first-order valence-electron chi connectivity index (χ1n) is 9.69. The van der Waals surface area contributed by atoms with E-state index in [1.807, 2.05) is 60.7 Å². The SMILES string of the molecule is N=C(N)c1cc2c(OC(CNC(=O)Oc3ccccc3)c3ccccc3)cccc2s1. The maximum absolute atomic E-state index is 12.3. The lowest BCUT2D eigenvalue weighted by Crippen LogP contribution is -2.32. The van der Waals surface area contributed by atoms with Crippen LogP contribution in [0.5, 0.6) is 11.5 Å². The molecule has 6 nitrogen and oxygen atoms in total. The molecule has 0 bridgehead atoms. The molecule has 1 atom stereocenters. The van der Waals surface area contributed by atoms with Gasteiger partial charge in [-0.05, 0) is 35.9 Å². The summed E-state index contributed by atoms with van der Waals surface area (Å²) in [7, 11) is 0. The van der Waals surface area contributed by atoms with Gasteiger partial charge in [-0.2, -0.15) is 0 Å². The molecule has 0 fully saturated rings. The first-order valence-corrected chi connectivity index (χ1v) is 10.5. The summed E-state index contributed by atoms with van der Waals surface area (Å²) in [4.78, 5) is 13.0. The van der Waals surface area contributed by atoms with Crippen LogP contribution in [0, 0.1) is 5.41 Å². The van der Waals surface area contributed by atoms with E-state index in [0.717, 1.165) is 15.6 Å². The van der Waals surface area contributed by atoms with E-state index in [9.17, 15) is 4.79 Å². The summed E-state index contributed by atoms with van der Waals surface area (Å²) in [6.45, 7) is 0.218. The lowest BCUT2D eigenvalue weighted by atomic mass is 10.1. The minimum Gasteiger partial charge on any atom is -0.483 e. The first kappa shape index (κ1) is 20.4. The lowest BCUT2D eigenvalue weighted by molar-refractivity contribution is 0.178. The number of fused-ring (bicyclic) bond motifs is 1. The van der Waals surface area contributed by atoms with Crippen LogP contribution in [-0.4, -0.2) is 18.5 Å². The zero-order valence-corrected chi connectivity index (χ0v) is 17.4. The second-order valence-electron chi connectivity index (χ2n) is 6.79. The second kappa shape index (κ2) is 9.32. The highest BCUT2D eigenvalue weighted by Gasteiger charge is 2.18. The molecule has 0 aliphatic heterocycles. The van der Waals surface area contributed by atoms with Crippen molar-refractivity contribution in [3.05, 3.63) is 95.4 Å². The summed E-state index contributed by atoms with van der Waals surface area (Å²) in [6, 6.07) is 26.2. The summed E-state index contributed by atoms with van der Waals surface area (Å²) >= 11 is 1.44. The van der Waals surface area contributed by atoms with E-state index >= 15 is 0 Å². The Morgan fingerprint density at radius 3 is 2.42 bits per heavy atom. The van der Waals surface area contributed by atoms with E-state index in [-0.39, 0.29) is 12.4 Å². The van der Waals surface area contributed by atoms with Crippen LogP contribution < -0.4 is 20.5 Å². The third kappa shape index (κ3) is 5.02. The fourth-order valence-electron chi connectivity index (χ4n) is 3.13. The van der Waals surface area contributed by atoms with E-state index in [1.165, 1.54) is 11.3 Å². The van der Waals surface area contributed by atoms with Crippen molar-refractivity contribution in [2.45, 2.75) is 6.10 Å². The zero-order valence-electron chi connectivity index (χ0n) is 16.6. The number of ether oxygens (including phenoxy) is 2. The molecule has 0 saturated heterocycles. The molecule has 0 saturated carbocycles. The number of rotatable bonds is 7. The van der Waals surface area contributed by atoms with Crippen molar-refractivity contribution < 1.29 is 14.3 Å². The Balaban J connectivity index is 1.54. The average molecular weight is 432 g/mol. The van der Waals surface area contributed by atoms with Crippen molar-refractivity contribution in [2.75, 3.05) is 6.54 Å². The van der Waals surface area contributed by atoms with Crippen molar-refractivity contribution in [2.24, 2.45) is 5.73 Å². The third-order valence-electron chi connectivity index (χ3n) is 4.61. The van der Waals surface area contributed by atoms with Gasteiger partial charge in [0.2, 0.25) is 0 Å². The standard InChI is InChI=1S/C24H21N3O3S/c25-23(26)22-14-18-19(12-7-13-21(18)31-22)30-20(16-8-3-1-4-9-16)15-27-24(28)29-17-10-5-2-6-11-17/h1-14,20H,15H2,(H3,25,26)(H,27,28). The van der Waals surface area contributed by atoms with Gasteiger partial charge in [0.1, 0.15) is 23.4 Å². The summed E-state index contributed by atoms with van der Waals surface area (Å²) < 4.78 is 12.6. The molecule has 156 valence electrons. The molecule has 1 amide bonds. The van der Waals surface area contributed by atoms with Gasteiger partial charge in [-0.25, -0.2) is 4.79 Å².